The van der Waals surface area contributed by atoms with Crippen LogP contribution in [0.1, 0.15) is 370 Å². The minimum absolute atomic E-state index is 0.105. The van der Waals surface area contributed by atoms with Gasteiger partial charge in [-0.15, -0.1) is 0 Å². The maximum absolute atomic E-state index is 13.1. The number of ether oxygens (including phenoxy) is 4. The van der Waals surface area contributed by atoms with E-state index in [0.717, 1.165) is 114 Å². The van der Waals surface area contributed by atoms with Crippen LogP contribution in [-0.4, -0.2) is 96.7 Å². The molecule has 19 heteroatoms. The molecule has 0 spiro atoms. The molecular weight excluding hydrogens is 1220 g/mol. The molecule has 0 aliphatic carbocycles. The van der Waals surface area contributed by atoms with Crippen molar-refractivity contribution in [3.63, 3.8) is 0 Å². The van der Waals surface area contributed by atoms with Crippen LogP contribution >= 0.6 is 15.6 Å². The van der Waals surface area contributed by atoms with E-state index in [-0.39, 0.29) is 25.7 Å². The van der Waals surface area contributed by atoms with Gasteiger partial charge in [-0.3, -0.25) is 37.3 Å². The highest BCUT2D eigenvalue weighted by Crippen LogP contribution is 2.45. The molecule has 0 aliphatic heterocycles. The van der Waals surface area contributed by atoms with Gasteiger partial charge in [-0.05, 0) is 49.4 Å². The number of aliphatic hydroxyl groups is 1. The molecule has 552 valence electrons. The Hall–Kier alpha value is -1.94. The summed E-state index contributed by atoms with van der Waals surface area (Å²) in [4.78, 5) is 72.7. The summed E-state index contributed by atoms with van der Waals surface area (Å²) in [6.07, 6.45) is 47.2. The van der Waals surface area contributed by atoms with Crippen molar-refractivity contribution in [2.75, 3.05) is 39.6 Å². The van der Waals surface area contributed by atoms with E-state index in [9.17, 15) is 43.2 Å². The zero-order valence-corrected chi connectivity index (χ0v) is 62.7. The van der Waals surface area contributed by atoms with Crippen LogP contribution in [0.15, 0.2) is 0 Å². The fourth-order valence-corrected chi connectivity index (χ4v) is 12.8. The van der Waals surface area contributed by atoms with Crippen molar-refractivity contribution in [1.29, 1.82) is 0 Å². The fraction of sp³-hybridized carbons (Fsp3) is 0.946. The Kier molecular flexibility index (Phi) is 62.2. The lowest BCUT2D eigenvalue weighted by Gasteiger charge is -2.21. The molecule has 0 aromatic carbocycles. The van der Waals surface area contributed by atoms with Gasteiger partial charge in [-0.25, -0.2) is 9.13 Å². The number of hydrogen-bond donors (Lipinski definition) is 3. The molecule has 0 radical (unpaired) electrons. The van der Waals surface area contributed by atoms with Gasteiger partial charge in [-0.2, -0.15) is 0 Å². The van der Waals surface area contributed by atoms with E-state index in [1.54, 1.807) is 0 Å². The van der Waals surface area contributed by atoms with Gasteiger partial charge in [0.25, 0.3) is 0 Å². The summed E-state index contributed by atoms with van der Waals surface area (Å²) in [7, 11) is -9.91. The molecule has 17 nitrogen and oxygen atoms in total. The van der Waals surface area contributed by atoms with Crippen molar-refractivity contribution in [1.82, 2.24) is 0 Å². The van der Waals surface area contributed by atoms with E-state index in [1.165, 1.54) is 173 Å². The Bertz CT molecular complexity index is 1830. The van der Waals surface area contributed by atoms with Gasteiger partial charge in [0.2, 0.25) is 0 Å². The minimum atomic E-state index is -4.96. The third-order valence-corrected chi connectivity index (χ3v) is 19.0. The molecule has 0 aromatic rings. The van der Waals surface area contributed by atoms with Crippen LogP contribution in [0.4, 0.5) is 0 Å². The number of carbonyl (C=O) groups excluding carboxylic acids is 4. The molecule has 0 rings (SSSR count). The van der Waals surface area contributed by atoms with Crippen LogP contribution in [-0.2, 0) is 65.4 Å². The van der Waals surface area contributed by atoms with Gasteiger partial charge < -0.3 is 33.8 Å². The Balaban J connectivity index is 5.25. The zero-order valence-electron chi connectivity index (χ0n) is 60.9. The highest BCUT2D eigenvalue weighted by atomic mass is 31.2. The molecule has 0 aromatic heterocycles. The Morgan fingerprint density at radius 3 is 0.667 bits per heavy atom. The second-order valence-corrected chi connectivity index (χ2v) is 31.5. The molecule has 0 bridgehead atoms. The van der Waals surface area contributed by atoms with Crippen molar-refractivity contribution < 1.29 is 80.2 Å². The van der Waals surface area contributed by atoms with E-state index < -0.39 is 97.5 Å². The van der Waals surface area contributed by atoms with Crippen molar-refractivity contribution in [3.8, 4) is 0 Å². The third-order valence-electron chi connectivity index (χ3n) is 17.1. The summed E-state index contributed by atoms with van der Waals surface area (Å²) < 4.78 is 68.4. The Morgan fingerprint density at radius 2 is 0.452 bits per heavy atom. The number of phosphoric acid groups is 2. The number of unbranched alkanes of at least 4 members (excludes halogenated alkanes) is 37. The summed E-state index contributed by atoms with van der Waals surface area (Å²) in [5, 5.41) is 10.6. The van der Waals surface area contributed by atoms with Gasteiger partial charge in [0.15, 0.2) is 12.2 Å². The fourth-order valence-electron chi connectivity index (χ4n) is 11.2. The van der Waals surface area contributed by atoms with E-state index >= 15 is 0 Å². The van der Waals surface area contributed by atoms with Crippen molar-refractivity contribution in [2.45, 2.75) is 388 Å². The van der Waals surface area contributed by atoms with Gasteiger partial charge in [0, 0.05) is 25.7 Å². The van der Waals surface area contributed by atoms with Crippen LogP contribution in [0, 0.1) is 23.7 Å². The number of aliphatic hydroxyl groups excluding tert-OH is 1. The van der Waals surface area contributed by atoms with Crippen molar-refractivity contribution in [3.05, 3.63) is 0 Å². The SMILES string of the molecule is CC(C)CCCCCCCCCCCCCCCCC(=O)O[C@H](COC(=O)CCCCCCCCCCC(C)C)COP(=O)(O)OCC(O)COP(=O)(O)OC[C@@H](COC(=O)CCCCCCCCCCC(C)C)OC(=O)CCCCCCCCCCCCCC(C)C. The molecule has 0 saturated heterocycles. The summed E-state index contributed by atoms with van der Waals surface area (Å²) in [6, 6.07) is 0. The molecule has 3 unspecified atom stereocenters. The van der Waals surface area contributed by atoms with E-state index in [4.69, 9.17) is 37.0 Å². The summed E-state index contributed by atoms with van der Waals surface area (Å²) in [6.45, 7) is 14.1. The van der Waals surface area contributed by atoms with Crippen molar-refractivity contribution >= 4 is 39.5 Å². The predicted octanol–water partition coefficient (Wildman–Crippen LogP) is 21.3. The first-order chi connectivity index (χ1) is 44.6. The quantitative estimate of drug-likeness (QED) is 0.0222. The van der Waals surface area contributed by atoms with Crippen molar-refractivity contribution in [2.24, 2.45) is 23.7 Å². The average molecular weight is 1370 g/mol. The van der Waals surface area contributed by atoms with Crippen LogP contribution in [0.5, 0.6) is 0 Å². The molecule has 93 heavy (non-hydrogen) atoms. The molecule has 0 aliphatic rings. The largest absolute Gasteiger partial charge is 0.472 e. The zero-order chi connectivity index (χ0) is 68.9. The maximum atomic E-state index is 13.1. The lowest BCUT2D eigenvalue weighted by Crippen LogP contribution is -2.30. The Morgan fingerprint density at radius 1 is 0.269 bits per heavy atom. The maximum Gasteiger partial charge on any atom is 0.472 e. The Labute approximate surface area is 568 Å². The number of hydrogen-bond acceptors (Lipinski definition) is 15. The minimum Gasteiger partial charge on any atom is -0.462 e. The summed E-state index contributed by atoms with van der Waals surface area (Å²) in [5.41, 5.74) is 0. The van der Waals surface area contributed by atoms with Crippen LogP contribution < -0.4 is 0 Å². The second kappa shape index (κ2) is 63.5. The van der Waals surface area contributed by atoms with Gasteiger partial charge in [0.05, 0.1) is 26.4 Å². The van der Waals surface area contributed by atoms with E-state index in [1.807, 2.05) is 0 Å². The second-order valence-electron chi connectivity index (χ2n) is 28.6. The molecule has 0 fully saturated rings. The molecule has 0 saturated carbocycles. The van der Waals surface area contributed by atoms with Crippen LogP contribution in [0.25, 0.3) is 0 Å². The number of phosphoric ester groups is 2. The number of rotatable bonds is 71. The van der Waals surface area contributed by atoms with Gasteiger partial charge >= 0.3 is 39.5 Å². The summed E-state index contributed by atoms with van der Waals surface area (Å²) >= 11 is 0. The summed E-state index contributed by atoms with van der Waals surface area (Å²) in [5.74, 6) is 0.889. The van der Waals surface area contributed by atoms with E-state index in [0.29, 0.717) is 25.7 Å². The number of esters is 4. The third kappa shape index (κ3) is 68.4. The topological polar surface area (TPSA) is 237 Å². The van der Waals surface area contributed by atoms with E-state index in [2.05, 4.69) is 55.4 Å². The highest BCUT2D eigenvalue weighted by molar-refractivity contribution is 7.47. The normalized spacial score (nSPS) is 14.2. The lowest BCUT2D eigenvalue weighted by molar-refractivity contribution is -0.161. The van der Waals surface area contributed by atoms with Gasteiger partial charge in [0.1, 0.15) is 19.3 Å². The average Bonchev–Trinajstić information content (AvgIpc) is 1.65. The first kappa shape index (κ1) is 91.1. The highest BCUT2D eigenvalue weighted by Gasteiger charge is 2.30. The standard InChI is InChI=1S/C74H144O17P2/c1-64(2)50-42-34-26-18-14-11-9-10-12-16-20-32-40-48-56-73(78)90-69(60-84-71(76)54-46-38-30-24-22-28-36-44-52-66(5)6)62-88-92(80,81)86-58-68(75)59-87-93(82,83)89-63-70(61-85-72(77)55-47-39-31-25-23-29-37-45-53-67(7)8)91-74(79)57-49-41-33-21-17-13-15-19-27-35-43-51-65(3)4/h64-70,75H,9-63H2,1-8H3,(H,80,81)(H,82,83)/t68?,69-,70-/m1/s1. The molecule has 0 amide bonds. The predicted molar refractivity (Wildman–Crippen MR) is 377 cm³/mol. The molecule has 3 N–H and O–H groups in total. The molecule has 0 heterocycles. The lowest BCUT2D eigenvalue weighted by atomic mass is 10.0. The monoisotopic (exact) mass is 1370 g/mol. The van der Waals surface area contributed by atoms with Gasteiger partial charge in [-0.1, -0.05) is 319 Å². The first-order valence-electron chi connectivity index (χ1n) is 38.2. The molecular formula is C74H144O17P2. The first-order valence-corrected chi connectivity index (χ1v) is 41.2. The van der Waals surface area contributed by atoms with Crippen LogP contribution in [0.3, 0.4) is 0 Å². The molecule has 5 atom stereocenters. The number of carbonyl (C=O) groups is 4. The van der Waals surface area contributed by atoms with Crippen LogP contribution in [0.2, 0.25) is 0 Å². The smallest absolute Gasteiger partial charge is 0.462 e.